The number of fused-ring (bicyclic) bond motifs is 1. The van der Waals surface area contributed by atoms with Gasteiger partial charge in [0.15, 0.2) is 0 Å². The van der Waals surface area contributed by atoms with Gasteiger partial charge in [-0.25, -0.2) is 4.98 Å². The Morgan fingerprint density at radius 3 is 2.88 bits per heavy atom. The molecule has 3 heteroatoms. The Hall–Kier alpha value is -1.48. The number of benzene rings is 1. The molecular weight excluding hydrogens is 228 g/mol. The number of nitrogen functional groups attached to an aromatic ring is 1. The number of hydrogen-bond acceptors (Lipinski definition) is 3. The van der Waals surface area contributed by atoms with Crippen LogP contribution in [0.1, 0.15) is 17.0 Å². The lowest BCUT2D eigenvalue weighted by molar-refractivity contribution is 0.677. The molecule has 1 aromatic carbocycles. The molecule has 0 saturated carbocycles. The highest BCUT2D eigenvalue weighted by Crippen LogP contribution is 2.38. The van der Waals surface area contributed by atoms with Gasteiger partial charge in [0.1, 0.15) is 5.82 Å². The van der Waals surface area contributed by atoms with Gasteiger partial charge in [-0.2, -0.15) is 0 Å². The first-order chi connectivity index (χ1) is 8.33. The molecule has 1 unspecified atom stereocenters. The molecule has 0 spiro atoms. The fourth-order valence-corrected chi connectivity index (χ4v) is 3.17. The molecule has 1 aliphatic rings. The highest BCUT2D eigenvalue weighted by molar-refractivity contribution is 7.99. The molecular formula is C14H14N2S. The van der Waals surface area contributed by atoms with E-state index in [2.05, 4.69) is 29.2 Å². The molecule has 2 aromatic rings. The van der Waals surface area contributed by atoms with Gasteiger partial charge in [-0.15, -0.1) is 11.8 Å². The minimum atomic E-state index is 0.586. The van der Waals surface area contributed by atoms with Crippen molar-refractivity contribution in [1.29, 1.82) is 0 Å². The molecule has 1 atom stereocenters. The maximum atomic E-state index is 5.56. The van der Waals surface area contributed by atoms with Gasteiger partial charge in [-0.3, -0.25) is 0 Å². The quantitative estimate of drug-likeness (QED) is 0.841. The zero-order valence-corrected chi connectivity index (χ0v) is 10.3. The minimum absolute atomic E-state index is 0.586. The largest absolute Gasteiger partial charge is 0.384 e. The van der Waals surface area contributed by atoms with E-state index in [1.54, 1.807) is 0 Å². The summed E-state index contributed by atoms with van der Waals surface area (Å²) in [7, 11) is 0. The molecule has 2 nitrogen and oxygen atoms in total. The van der Waals surface area contributed by atoms with Crippen molar-refractivity contribution in [3.8, 4) is 0 Å². The Bertz CT molecular complexity index is 522. The van der Waals surface area contributed by atoms with E-state index in [9.17, 15) is 0 Å². The van der Waals surface area contributed by atoms with Crippen LogP contribution < -0.4 is 5.73 Å². The van der Waals surface area contributed by atoms with Crippen LogP contribution in [0.2, 0.25) is 0 Å². The van der Waals surface area contributed by atoms with E-state index in [0.29, 0.717) is 11.7 Å². The summed E-state index contributed by atoms with van der Waals surface area (Å²) in [5.74, 6) is 2.42. The number of hydrogen-bond donors (Lipinski definition) is 1. The summed E-state index contributed by atoms with van der Waals surface area (Å²) >= 11 is 1.86. The lowest BCUT2D eigenvalue weighted by Crippen LogP contribution is -2.18. The maximum absolute atomic E-state index is 5.56. The number of aromatic nitrogens is 1. The van der Waals surface area contributed by atoms with Crippen molar-refractivity contribution in [2.24, 2.45) is 0 Å². The second kappa shape index (κ2) is 4.41. The van der Waals surface area contributed by atoms with Crippen LogP contribution in [0.4, 0.5) is 5.82 Å². The number of rotatable bonds is 3. The number of nitrogens with two attached hydrogens (primary N) is 1. The highest BCUT2D eigenvalue weighted by atomic mass is 32.2. The summed E-state index contributed by atoms with van der Waals surface area (Å²) in [4.78, 5) is 5.30. The van der Waals surface area contributed by atoms with Crippen molar-refractivity contribution < 1.29 is 0 Å². The zero-order valence-electron chi connectivity index (χ0n) is 9.47. The molecule has 1 aromatic heterocycles. The summed E-state index contributed by atoms with van der Waals surface area (Å²) in [6.07, 6.45) is 3.07. The van der Waals surface area contributed by atoms with Crippen LogP contribution in [-0.4, -0.2) is 10.7 Å². The third-order valence-electron chi connectivity index (χ3n) is 3.17. The Balaban J connectivity index is 1.62. The summed E-state index contributed by atoms with van der Waals surface area (Å²) in [5.41, 5.74) is 8.59. The van der Waals surface area contributed by atoms with Crippen molar-refractivity contribution in [3.63, 3.8) is 0 Å². The second-order valence-corrected chi connectivity index (χ2v) is 5.42. The smallest absolute Gasteiger partial charge is 0.123 e. The lowest BCUT2D eigenvalue weighted by Gasteiger charge is -2.29. The summed E-state index contributed by atoms with van der Waals surface area (Å²) in [6, 6.07) is 12.6. The number of nitrogens with zero attached hydrogens (tertiary/aromatic N) is 1. The summed E-state index contributed by atoms with van der Waals surface area (Å²) in [5, 5.41) is 0. The number of thioether (sulfide) groups is 1. The van der Waals surface area contributed by atoms with Crippen LogP contribution in [0.5, 0.6) is 0 Å². The van der Waals surface area contributed by atoms with Crippen LogP contribution in [-0.2, 0) is 6.42 Å². The summed E-state index contributed by atoms with van der Waals surface area (Å²) < 4.78 is 0. The van der Waals surface area contributed by atoms with E-state index in [0.717, 1.165) is 5.75 Å². The van der Waals surface area contributed by atoms with E-state index in [4.69, 9.17) is 5.73 Å². The molecule has 0 bridgehead atoms. The first kappa shape index (κ1) is 10.7. The van der Waals surface area contributed by atoms with Crippen molar-refractivity contribution in [2.75, 3.05) is 11.5 Å². The molecule has 0 amide bonds. The molecule has 3 rings (SSSR count). The minimum Gasteiger partial charge on any atom is -0.384 e. The van der Waals surface area contributed by atoms with Crippen LogP contribution in [0, 0.1) is 0 Å². The Kier molecular flexibility index (Phi) is 2.77. The highest BCUT2D eigenvalue weighted by Gasteiger charge is 2.24. The predicted octanol–water partition coefficient (Wildman–Crippen LogP) is 3.10. The van der Waals surface area contributed by atoms with Gasteiger partial charge in [0.05, 0.1) is 0 Å². The second-order valence-electron chi connectivity index (χ2n) is 4.33. The van der Waals surface area contributed by atoms with Crippen LogP contribution in [0.3, 0.4) is 0 Å². The third-order valence-corrected chi connectivity index (χ3v) is 4.32. The first-order valence-corrected chi connectivity index (χ1v) is 6.73. The van der Waals surface area contributed by atoms with Crippen molar-refractivity contribution in [2.45, 2.75) is 17.2 Å². The molecule has 17 heavy (non-hydrogen) atoms. The van der Waals surface area contributed by atoms with Gasteiger partial charge in [0, 0.05) is 16.8 Å². The van der Waals surface area contributed by atoms with Crippen LogP contribution in [0.15, 0.2) is 47.5 Å². The molecule has 1 aliphatic carbocycles. The van der Waals surface area contributed by atoms with Gasteiger partial charge in [-0.1, -0.05) is 24.3 Å². The van der Waals surface area contributed by atoms with Crippen molar-refractivity contribution in [3.05, 3.63) is 53.7 Å². The van der Waals surface area contributed by atoms with Crippen LogP contribution in [0.25, 0.3) is 0 Å². The van der Waals surface area contributed by atoms with E-state index in [1.807, 2.05) is 30.1 Å². The van der Waals surface area contributed by atoms with Gasteiger partial charge >= 0.3 is 0 Å². The van der Waals surface area contributed by atoms with Crippen molar-refractivity contribution in [1.82, 2.24) is 4.98 Å². The van der Waals surface area contributed by atoms with Crippen LogP contribution >= 0.6 is 11.8 Å². The SMILES string of the molecule is Nc1ccc(SCC2Cc3ccccc32)cn1. The van der Waals surface area contributed by atoms with Gasteiger partial charge in [0.2, 0.25) is 0 Å². The molecule has 2 N–H and O–H groups in total. The average molecular weight is 242 g/mol. The fourth-order valence-electron chi connectivity index (χ4n) is 2.19. The predicted molar refractivity (Wildman–Crippen MR) is 72.3 cm³/mol. The first-order valence-electron chi connectivity index (χ1n) is 5.75. The van der Waals surface area contributed by atoms with Crippen molar-refractivity contribution >= 4 is 17.6 Å². The topological polar surface area (TPSA) is 38.9 Å². The third kappa shape index (κ3) is 2.15. The van der Waals surface area contributed by atoms with Gasteiger partial charge < -0.3 is 5.73 Å². The maximum Gasteiger partial charge on any atom is 0.123 e. The number of anilines is 1. The van der Waals surface area contributed by atoms with Gasteiger partial charge in [-0.05, 0) is 35.6 Å². The number of pyridine rings is 1. The molecule has 86 valence electrons. The molecule has 0 saturated heterocycles. The van der Waals surface area contributed by atoms with E-state index < -0.39 is 0 Å². The molecule has 0 radical (unpaired) electrons. The Morgan fingerprint density at radius 2 is 2.12 bits per heavy atom. The van der Waals surface area contributed by atoms with E-state index in [1.165, 1.54) is 22.4 Å². The standard InChI is InChI=1S/C14H14N2S/c15-14-6-5-12(8-16-14)17-9-11-7-10-3-1-2-4-13(10)11/h1-6,8,11H,7,9H2,(H2,15,16). The fraction of sp³-hybridized carbons (Fsp3) is 0.214. The molecule has 1 heterocycles. The van der Waals surface area contributed by atoms with Gasteiger partial charge in [0.25, 0.3) is 0 Å². The average Bonchev–Trinajstić information content (AvgIpc) is 2.33. The van der Waals surface area contributed by atoms with E-state index in [-0.39, 0.29) is 0 Å². The lowest BCUT2D eigenvalue weighted by atomic mass is 9.79. The Morgan fingerprint density at radius 1 is 1.24 bits per heavy atom. The molecule has 0 aliphatic heterocycles. The van der Waals surface area contributed by atoms with E-state index >= 15 is 0 Å². The summed E-state index contributed by atoms with van der Waals surface area (Å²) in [6.45, 7) is 0. The normalized spacial score (nSPS) is 17.3. The monoisotopic (exact) mass is 242 g/mol. The molecule has 0 fully saturated rings. The Labute approximate surface area is 105 Å². The zero-order chi connectivity index (χ0) is 11.7.